The number of amides is 4. The first-order valence-corrected chi connectivity index (χ1v) is 23.5. The number of rotatable bonds is 5. The third-order valence-corrected chi connectivity index (χ3v) is 12.0. The minimum absolute atomic E-state index is 0.0909. The number of methoxy groups -OCH3 is 1. The minimum Gasteiger partial charge on any atom is -0.438 e. The molecule has 0 aliphatic carbocycles. The molecule has 0 spiro atoms. The lowest BCUT2D eigenvalue weighted by Crippen LogP contribution is -2.48. The van der Waals surface area contributed by atoms with Gasteiger partial charge in [-0.3, -0.25) is 34.2 Å². The van der Waals surface area contributed by atoms with E-state index in [1.165, 1.54) is 106 Å². The molecular formula is C46H44Cl3N15O9. The van der Waals surface area contributed by atoms with Crippen molar-refractivity contribution in [2.75, 3.05) is 68.1 Å². The first-order valence-electron chi connectivity index (χ1n) is 22.4. The summed E-state index contributed by atoms with van der Waals surface area (Å²) in [6, 6.07) is 9.43. The van der Waals surface area contributed by atoms with Gasteiger partial charge in [-0.2, -0.15) is 0 Å². The predicted molar refractivity (Wildman–Crippen MR) is 260 cm³/mol. The fraction of sp³-hybridized carbons (Fsp3) is 0.304. The van der Waals surface area contributed by atoms with Crippen LogP contribution in [0.15, 0.2) is 92.2 Å². The summed E-state index contributed by atoms with van der Waals surface area (Å²) in [7, 11) is 3.17. The van der Waals surface area contributed by atoms with Crippen LogP contribution in [0.3, 0.4) is 0 Å². The monoisotopic (exact) mass is 1060 g/mol. The van der Waals surface area contributed by atoms with Crippen LogP contribution in [0.25, 0.3) is 0 Å². The number of halogens is 3. The maximum atomic E-state index is 12.8. The summed E-state index contributed by atoms with van der Waals surface area (Å²) in [5.41, 5.74) is 1.12. The van der Waals surface area contributed by atoms with E-state index in [1.54, 1.807) is 35.2 Å². The van der Waals surface area contributed by atoms with Crippen LogP contribution < -0.4 is 20.0 Å². The number of fused-ring (bicyclic) bond motifs is 3. The SMILES string of the molecule is C1CCNCC1.CN1CCN(C(=O)O[C@H]2c3nccnc3C(=O)N2c2ccc(Cl)cn2)CC1.COC(=O)O[C@H]1c2nccnc2C(=O)N1c1ccc(Cl)cn1.O=C1c2nccnc2C(O)N1c1ccc(Cl)cn1. The van der Waals surface area contributed by atoms with Crippen molar-refractivity contribution in [1.29, 1.82) is 0 Å². The van der Waals surface area contributed by atoms with Crippen molar-refractivity contribution in [2.24, 2.45) is 0 Å². The van der Waals surface area contributed by atoms with Gasteiger partial charge in [0.05, 0.1) is 22.2 Å². The van der Waals surface area contributed by atoms with Gasteiger partial charge in [0, 0.05) is 82.0 Å². The molecule has 11 rings (SSSR count). The zero-order chi connectivity index (χ0) is 51.6. The number of nitrogens with zero attached hydrogens (tertiary/aromatic N) is 14. The number of aliphatic hydroxyl groups is 1. The third-order valence-electron chi connectivity index (χ3n) is 11.3. The van der Waals surface area contributed by atoms with E-state index in [2.05, 4.69) is 59.8 Å². The number of aromatic nitrogens is 9. The van der Waals surface area contributed by atoms with Gasteiger partial charge in [0.2, 0.25) is 12.5 Å². The van der Waals surface area contributed by atoms with Gasteiger partial charge in [-0.1, -0.05) is 41.2 Å². The Hall–Kier alpha value is -7.61. The highest BCUT2D eigenvalue weighted by Crippen LogP contribution is 2.38. The highest BCUT2D eigenvalue weighted by atomic mass is 35.5. The fourth-order valence-corrected chi connectivity index (χ4v) is 7.99. The summed E-state index contributed by atoms with van der Waals surface area (Å²) in [4.78, 5) is 105. The standard InChI is InChI=1S/C17H17ClN6O3.C13H9ClN4O4.C11H7ClN4O2.C5H11N/c1-22-6-8-23(9-7-22)17(26)27-16-14-13(19-4-5-20-14)15(25)24(16)12-3-2-11(18)10-21-12;1-21-13(20)22-12-10-9(15-4-5-16-10)11(19)18(12)8-3-2-7(14)6-17-8;12-6-1-2-7(15-5-6)16-10(17)8-9(11(16)18)14-4-3-13-8;1-2-4-6-5-3-1/h2-5,10,16H,6-9H2,1H3;2-6,12H,1H3;1-5,10,17H;6H,1-5H2/t16-;12-;;/m00../s1. The molecule has 2 saturated heterocycles. The molecule has 6 aromatic heterocycles. The van der Waals surface area contributed by atoms with Crippen molar-refractivity contribution >= 4 is 82.2 Å². The highest BCUT2D eigenvalue weighted by Gasteiger charge is 2.46. The quantitative estimate of drug-likeness (QED) is 0.202. The van der Waals surface area contributed by atoms with Gasteiger partial charge in [-0.05, 0) is 69.4 Å². The zero-order valence-corrected chi connectivity index (χ0v) is 41.1. The van der Waals surface area contributed by atoms with Gasteiger partial charge in [-0.15, -0.1) is 0 Å². The van der Waals surface area contributed by atoms with Gasteiger partial charge >= 0.3 is 12.2 Å². The first-order chi connectivity index (χ1) is 35.3. The Morgan fingerprint density at radius 2 is 0.973 bits per heavy atom. The van der Waals surface area contributed by atoms with E-state index < -0.39 is 48.7 Å². The van der Waals surface area contributed by atoms with E-state index in [0.29, 0.717) is 45.5 Å². The number of hydrogen-bond donors (Lipinski definition) is 2. The summed E-state index contributed by atoms with van der Waals surface area (Å²) in [5.74, 6) is -0.475. The molecule has 0 saturated carbocycles. The van der Waals surface area contributed by atoms with Crippen LogP contribution in [0.5, 0.6) is 0 Å². The van der Waals surface area contributed by atoms with Gasteiger partial charge in [0.25, 0.3) is 17.7 Å². The second-order valence-corrected chi connectivity index (χ2v) is 17.3. The van der Waals surface area contributed by atoms with Crippen LogP contribution in [0, 0.1) is 0 Å². The third kappa shape index (κ3) is 11.9. The molecule has 6 aromatic rings. The lowest BCUT2D eigenvalue weighted by molar-refractivity contribution is 0.0359. The van der Waals surface area contributed by atoms with E-state index in [4.69, 9.17) is 44.3 Å². The van der Waals surface area contributed by atoms with E-state index in [-0.39, 0.29) is 34.3 Å². The van der Waals surface area contributed by atoms with Crippen LogP contribution in [-0.2, 0) is 14.2 Å². The molecule has 5 aliphatic rings. The molecule has 24 nitrogen and oxygen atoms in total. The van der Waals surface area contributed by atoms with Gasteiger partial charge < -0.3 is 34.4 Å². The molecule has 5 aliphatic heterocycles. The van der Waals surface area contributed by atoms with Crippen LogP contribution >= 0.6 is 34.8 Å². The fourth-order valence-electron chi connectivity index (χ4n) is 7.65. The zero-order valence-electron chi connectivity index (χ0n) is 38.9. The number of anilines is 3. The van der Waals surface area contributed by atoms with E-state index in [9.17, 15) is 29.1 Å². The number of piperidine rings is 1. The van der Waals surface area contributed by atoms with Gasteiger partial charge in [0.15, 0.2) is 23.3 Å². The molecule has 2 N–H and O–H groups in total. The number of pyridine rings is 3. The number of carbonyl (C=O) groups excluding carboxylic acids is 5. The molecule has 4 amide bonds. The Morgan fingerprint density at radius 1 is 0.562 bits per heavy atom. The first kappa shape index (κ1) is 51.7. The van der Waals surface area contributed by atoms with Crippen molar-refractivity contribution in [1.82, 2.24) is 60.0 Å². The smallest absolute Gasteiger partial charge is 0.438 e. The van der Waals surface area contributed by atoms with E-state index in [1.807, 2.05) is 7.05 Å². The Morgan fingerprint density at radius 3 is 1.37 bits per heavy atom. The van der Waals surface area contributed by atoms with Crippen LogP contribution in [-0.4, -0.2) is 143 Å². The summed E-state index contributed by atoms with van der Waals surface area (Å²) in [6.45, 7) is 5.14. The molecular weight excluding hydrogens is 1010 g/mol. The molecule has 378 valence electrons. The average molecular weight is 1060 g/mol. The second kappa shape index (κ2) is 23.7. The normalized spacial score (nSPS) is 18.7. The lowest BCUT2D eigenvalue weighted by atomic mass is 10.2. The second-order valence-electron chi connectivity index (χ2n) is 16.0. The number of likely N-dealkylation sites (N-methyl/N-ethyl adjacent to an activating group) is 1. The van der Waals surface area contributed by atoms with Crippen LogP contribution in [0.2, 0.25) is 15.1 Å². The summed E-state index contributed by atoms with van der Waals surface area (Å²) >= 11 is 17.4. The predicted octanol–water partition coefficient (Wildman–Crippen LogP) is 5.47. The molecule has 11 heterocycles. The number of piperazine rings is 1. The topological polar surface area (TPSA) is 278 Å². The van der Waals surface area contributed by atoms with Crippen LogP contribution in [0.1, 0.15) is 86.5 Å². The Balaban J connectivity index is 0.000000140. The minimum atomic E-state index is -1.17. The van der Waals surface area contributed by atoms with Gasteiger partial charge in [-0.25, -0.2) is 49.3 Å². The maximum Gasteiger partial charge on any atom is 0.510 e. The molecule has 0 radical (unpaired) electrons. The van der Waals surface area contributed by atoms with E-state index >= 15 is 0 Å². The molecule has 27 heteroatoms. The number of carbonyl (C=O) groups is 5. The van der Waals surface area contributed by atoms with Crippen molar-refractivity contribution in [3.8, 4) is 0 Å². The summed E-state index contributed by atoms with van der Waals surface area (Å²) in [6.07, 6.45) is 12.2. The number of aliphatic hydroxyl groups excluding tert-OH is 1. The Bertz CT molecular complexity index is 2930. The molecule has 1 unspecified atom stereocenters. The van der Waals surface area contributed by atoms with Crippen LogP contribution in [0.4, 0.5) is 27.0 Å². The number of hydrogen-bond acceptors (Lipinski definition) is 20. The van der Waals surface area contributed by atoms with Crippen molar-refractivity contribution < 1.29 is 43.3 Å². The van der Waals surface area contributed by atoms with Crippen molar-refractivity contribution in [2.45, 2.75) is 37.9 Å². The molecule has 2 fully saturated rings. The average Bonchev–Trinajstić information content (AvgIpc) is 3.97. The molecule has 3 atom stereocenters. The maximum absolute atomic E-state index is 12.8. The molecule has 0 bridgehead atoms. The largest absolute Gasteiger partial charge is 0.510 e. The van der Waals surface area contributed by atoms with Crippen molar-refractivity contribution in [3.05, 3.63) is 141 Å². The number of ether oxygens (including phenoxy) is 3. The highest BCUT2D eigenvalue weighted by molar-refractivity contribution is 6.31. The van der Waals surface area contributed by atoms with Crippen molar-refractivity contribution in [3.63, 3.8) is 0 Å². The van der Waals surface area contributed by atoms with E-state index in [0.717, 1.165) is 22.9 Å². The molecule has 0 aromatic carbocycles. The molecule has 73 heavy (non-hydrogen) atoms. The Kier molecular flexibility index (Phi) is 16.8. The van der Waals surface area contributed by atoms with Gasteiger partial charge in [0.1, 0.15) is 34.5 Å². The number of nitrogens with one attached hydrogen (secondary N) is 1. The lowest BCUT2D eigenvalue weighted by Gasteiger charge is -2.33. The summed E-state index contributed by atoms with van der Waals surface area (Å²) < 4.78 is 15.3. The summed E-state index contributed by atoms with van der Waals surface area (Å²) in [5, 5.41) is 14.6. The Labute approximate surface area is 431 Å².